The Kier molecular flexibility index (Phi) is 6.09. The molecule has 0 radical (unpaired) electrons. The Morgan fingerprint density at radius 2 is 1.86 bits per heavy atom. The predicted octanol–water partition coefficient (Wildman–Crippen LogP) is 3.83. The molecule has 1 heterocycles. The Hall–Kier alpha value is -1.51. The number of carbonyl (C=O) groups is 1. The van der Waals surface area contributed by atoms with Crippen molar-refractivity contribution >= 4 is 11.6 Å². The number of unbranched alkanes of at least 4 members (excludes halogenated alkanes) is 4. The molecular weight excluding hydrogens is 260 g/mol. The van der Waals surface area contributed by atoms with Gasteiger partial charge in [0, 0.05) is 38.8 Å². The van der Waals surface area contributed by atoms with Gasteiger partial charge >= 0.3 is 0 Å². The number of nitrogens with zero attached hydrogens (tertiary/aromatic N) is 2. The fraction of sp³-hybridized carbons (Fsp3) is 0.611. The van der Waals surface area contributed by atoms with Gasteiger partial charge in [-0.05, 0) is 18.1 Å². The highest BCUT2D eigenvalue weighted by atomic mass is 16.2. The van der Waals surface area contributed by atoms with Gasteiger partial charge in [0.2, 0.25) is 5.91 Å². The normalized spacial score (nSPS) is 14.8. The molecule has 0 fully saturated rings. The molecule has 116 valence electrons. The Morgan fingerprint density at radius 3 is 2.67 bits per heavy atom. The quantitative estimate of drug-likeness (QED) is 0.743. The van der Waals surface area contributed by atoms with E-state index in [0.717, 1.165) is 26.1 Å². The summed E-state index contributed by atoms with van der Waals surface area (Å²) in [6.45, 7) is 4.72. The summed E-state index contributed by atoms with van der Waals surface area (Å²) in [5.74, 6) is 0.316. The molecule has 0 atom stereocenters. The van der Waals surface area contributed by atoms with Crippen molar-refractivity contribution in [2.24, 2.45) is 0 Å². The third-order valence-corrected chi connectivity index (χ3v) is 4.32. The zero-order valence-corrected chi connectivity index (χ0v) is 13.5. The van der Waals surface area contributed by atoms with Crippen LogP contribution in [0.2, 0.25) is 0 Å². The van der Waals surface area contributed by atoms with Gasteiger partial charge in [-0.3, -0.25) is 4.79 Å². The molecule has 1 aromatic rings. The Bertz CT molecular complexity index is 458. The van der Waals surface area contributed by atoms with E-state index in [0.29, 0.717) is 12.3 Å². The molecule has 0 aromatic heterocycles. The summed E-state index contributed by atoms with van der Waals surface area (Å²) in [7, 11) is 2.11. The number of fused-ring (bicyclic) bond motifs is 1. The van der Waals surface area contributed by atoms with Gasteiger partial charge in [0.25, 0.3) is 0 Å². The van der Waals surface area contributed by atoms with E-state index >= 15 is 0 Å². The molecule has 21 heavy (non-hydrogen) atoms. The first kappa shape index (κ1) is 15.9. The van der Waals surface area contributed by atoms with Gasteiger partial charge in [-0.15, -0.1) is 0 Å². The van der Waals surface area contributed by atoms with Crippen LogP contribution in [0.5, 0.6) is 0 Å². The Labute approximate surface area is 128 Å². The number of rotatable bonds is 6. The van der Waals surface area contributed by atoms with E-state index < -0.39 is 0 Å². The van der Waals surface area contributed by atoms with Gasteiger partial charge in [0.15, 0.2) is 0 Å². The highest BCUT2D eigenvalue weighted by Gasteiger charge is 2.20. The first-order valence-corrected chi connectivity index (χ1v) is 8.29. The second kappa shape index (κ2) is 8.06. The Balaban J connectivity index is 1.88. The number of benzene rings is 1. The van der Waals surface area contributed by atoms with E-state index in [9.17, 15) is 4.79 Å². The average Bonchev–Trinajstić information content (AvgIpc) is 2.67. The van der Waals surface area contributed by atoms with Crippen LogP contribution in [-0.4, -0.2) is 30.9 Å². The summed E-state index contributed by atoms with van der Waals surface area (Å²) in [4.78, 5) is 16.7. The molecule has 0 saturated carbocycles. The van der Waals surface area contributed by atoms with Crippen molar-refractivity contribution < 1.29 is 4.79 Å². The molecule has 2 rings (SSSR count). The maximum Gasteiger partial charge on any atom is 0.222 e. The lowest BCUT2D eigenvalue weighted by Crippen LogP contribution is -2.34. The number of anilines is 1. The van der Waals surface area contributed by atoms with Gasteiger partial charge in [-0.2, -0.15) is 0 Å². The van der Waals surface area contributed by atoms with Crippen LogP contribution in [0.15, 0.2) is 24.3 Å². The molecule has 3 nitrogen and oxygen atoms in total. The fourth-order valence-corrected chi connectivity index (χ4v) is 2.94. The standard InChI is InChI=1S/C18H28N2O/c1-3-4-5-6-7-12-18(21)20-14-13-19(2)17-11-9-8-10-16(17)15-20/h8-11H,3-7,12-15H2,1-2H3. The van der Waals surface area contributed by atoms with Crippen LogP contribution in [0.3, 0.4) is 0 Å². The molecule has 0 spiro atoms. The van der Waals surface area contributed by atoms with Gasteiger partial charge in [0.1, 0.15) is 0 Å². The summed E-state index contributed by atoms with van der Waals surface area (Å²) in [5.41, 5.74) is 2.52. The number of hydrogen-bond acceptors (Lipinski definition) is 2. The van der Waals surface area contributed by atoms with Gasteiger partial charge in [-0.1, -0.05) is 50.8 Å². The summed E-state index contributed by atoms with van der Waals surface area (Å²) >= 11 is 0. The zero-order chi connectivity index (χ0) is 15.1. The zero-order valence-electron chi connectivity index (χ0n) is 13.5. The van der Waals surface area contributed by atoms with Crippen molar-refractivity contribution in [1.82, 2.24) is 4.90 Å². The van der Waals surface area contributed by atoms with Crippen LogP contribution in [0.1, 0.15) is 51.0 Å². The smallest absolute Gasteiger partial charge is 0.222 e. The summed E-state index contributed by atoms with van der Waals surface area (Å²) in [6.07, 6.45) is 6.72. The van der Waals surface area contributed by atoms with Crippen molar-refractivity contribution in [1.29, 1.82) is 0 Å². The van der Waals surface area contributed by atoms with Crippen LogP contribution >= 0.6 is 0 Å². The van der Waals surface area contributed by atoms with E-state index in [1.54, 1.807) is 0 Å². The monoisotopic (exact) mass is 288 g/mol. The van der Waals surface area contributed by atoms with Crippen LogP contribution in [0.4, 0.5) is 5.69 Å². The lowest BCUT2D eigenvalue weighted by atomic mass is 10.1. The topological polar surface area (TPSA) is 23.6 Å². The molecule has 1 amide bonds. The number of carbonyl (C=O) groups excluding carboxylic acids is 1. The van der Waals surface area contributed by atoms with Crippen molar-refractivity contribution in [2.45, 2.75) is 52.0 Å². The van der Waals surface area contributed by atoms with E-state index in [-0.39, 0.29) is 0 Å². The molecule has 1 aliphatic rings. The molecule has 0 aliphatic carbocycles. The largest absolute Gasteiger partial charge is 0.373 e. The molecule has 1 aliphatic heterocycles. The third-order valence-electron chi connectivity index (χ3n) is 4.32. The summed E-state index contributed by atoms with van der Waals surface area (Å²) in [6, 6.07) is 8.42. The maximum absolute atomic E-state index is 12.4. The first-order chi connectivity index (χ1) is 10.2. The lowest BCUT2D eigenvalue weighted by molar-refractivity contribution is -0.131. The first-order valence-electron chi connectivity index (χ1n) is 8.29. The second-order valence-corrected chi connectivity index (χ2v) is 6.03. The number of para-hydroxylation sites is 1. The van der Waals surface area contributed by atoms with Crippen molar-refractivity contribution in [2.75, 3.05) is 25.0 Å². The SMILES string of the molecule is CCCCCCCC(=O)N1CCN(C)c2ccccc2C1. The van der Waals surface area contributed by atoms with Gasteiger partial charge in [0.05, 0.1) is 0 Å². The van der Waals surface area contributed by atoms with Crippen LogP contribution in [-0.2, 0) is 11.3 Å². The summed E-state index contributed by atoms with van der Waals surface area (Å²) in [5, 5.41) is 0. The molecule has 1 aromatic carbocycles. The van der Waals surface area contributed by atoms with E-state index in [1.165, 1.54) is 36.9 Å². The number of hydrogen-bond donors (Lipinski definition) is 0. The van der Waals surface area contributed by atoms with Crippen molar-refractivity contribution in [3.05, 3.63) is 29.8 Å². The molecule has 0 bridgehead atoms. The third kappa shape index (κ3) is 4.48. The average molecular weight is 288 g/mol. The van der Waals surface area contributed by atoms with Gasteiger partial charge < -0.3 is 9.80 Å². The minimum absolute atomic E-state index is 0.316. The molecule has 0 unspecified atom stereocenters. The van der Waals surface area contributed by atoms with Gasteiger partial charge in [-0.25, -0.2) is 0 Å². The van der Waals surface area contributed by atoms with E-state index in [4.69, 9.17) is 0 Å². The van der Waals surface area contributed by atoms with Crippen LogP contribution in [0.25, 0.3) is 0 Å². The maximum atomic E-state index is 12.4. The lowest BCUT2D eigenvalue weighted by Gasteiger charge is -2.21. The molecule has 0 saturated heterocycles. The highest BCUT2D eigenvalue weighted by molar-refractivity contribution is 5.76. The Morgan fingerprint density at radius 1 is 1.10 bits per heavy atom. The van der Waals surface area contributed by atoms with Crippen molar-refractivity contribution in [3.63, 3.8) is 0 Å². The molecule has 0 N–H and O–H groups in total. The van der Waals surface area contributed by atoms with Crippen LogP contribution < -0.4 is 4.90 Å². The minimum atomic E-state index is 0.316. The molecular formula is C18H28N2O. The highest BCUT2D eigenvalue weighted by Crippen LogP contribution is 2.24. The number of amides is 1. The summed E-state index contributed by atoms with van der Waals surface area (Å²) < 4.78 is 0. The minimum Gasteiger partial charge on any atom is -0.373 e. The second-order valence-electron chi connectivity index (χ2n) is 6.03. The number of likely N-dealkylation sites (N-methyl/N-ethyl adjacent to an activating group) is 1. The van der Waals surface area contributed by atoms with E-state index in [2.05, 4.69) is 43.1 Å². The van der Waals surface area contributed by atoms with Crippen molar-refractivity contribution in [3.8, 4) is 0 Å². The van der Waals surface area contributed by atoms with Crippen LogP contribution in [0, 0.1) is 0 Å². The predicted molar refractivity (Wildman–Crippen MR) is 88.5 cm³/mol. The van der Waals surface area contributed by atoms with E-state index in [1.807, 2.05) is 4.90 Å². The molecule has 3 heteroatoms. The fourth-order valence-electron chi connectivity index (χ4n) is 2.94.